The van der Waals surface area contributed by atoms with Crippen molar-refractivity contribution < 1.29 is 9.84 Å². The smallest absolute Gasteiger partial charge is 0.191 e. The summed E-state index contributed by atoms with van der Waals surface area (Å²) in [5.41, 5.74) is 2.35. The Morgan fingerprint density at radius 1 is 1.39 bits per heavy atom. The molecule has 0 aromatic heterocycles. The lowest BCUT2D eigenvalue weighted by Crippen LogP contribution is -2.49. The van der Waals surface area contributed by atoms with Crippen LogP contribution in [0.25, 0.3) is 0 Å². The summed E-state index contributed by atoms with van der Waals surface area (Å²) in [5.74, 6) is 1.53. The van der Waals surface area contributed by atoms with Crippen molar-refractivity contribution in [2.75, 3.05) is 39.3 Å². The molecule has 0 spiro atoms. The Hall–Kier alpha value is -2.05. The van der Waals surface area contributed by atoms with Gasteiger partial charge in [-0.15, -0.1) is 0 Å². The Bertz CT molecular complexity index is 639. The van der Waals surface area contributed by atoms with Crippen LogP contribution in [0.4, 0.5) is 0 Å². The number of hydrogen-bond acceptors (Lipinski definition) is 4. The van der Waals surface area contributed by atoms with Crippen molar-refractivity contribution >= 4 is 5.96 Å². The summed E-state index contributed by atoms with van der Waals surface area (Å²) in [6.07, 6.45) is 1.52. The zero-order valence-corrected chi connectivity index (χ0v) is 17.6. The fourth-order valence-corrected chi connectivity index (χ4v) is 3.28. The quantitative estimate of drug-likeness (QED) is 0.344. The maximum atomic E-state index is 10.2. The third-order valence-corrected chi connectivity index (χ3v) is 4.66. The van der Waals surface area contributed by atoms with Crippen molar-refractivity contribution in [3.05, 3.63) is 42.0 Å². The number of nitrogens with one attached hydrogen (secondary N) is 2. The molecule has 2 rings (SSSR count). The van der Waals surface area contributed by atoms with Gasteiger partial charge in [0.15, 0.2) is 5.96 Å². The molecule has 0 saturated carbocycles. The Balaban J connectivity index is 1.77. The highest BCUT2D eigenvalue weighted by Crippen LogP contribution is 2.13. The number of piperidine rings is 1. The van der Waals surface area contributed by atoms with E-state index in [0.717, 1.165) is 56.3 Å². The van der Waals surface area contributed by atoms with E-state index in [2.05, 4.69) is 34.0 Å². The van der Waals surface area contributed by atoms with Gasteiger partial charge in [0.1, 0.15) is 18.5 Å². The van der Waals surface area contributed by atoms with E-state index >= 15 is 0 Å². The van der Waals surface area contributed by atoms with Crippen molar-refractivity contribution in [3.8, 4) is 5.75 Å². The largest absolute Gasteiger partial charge is 0.491 e. The highest BCUT2D eigenvalue weighted by Gasteiger charge is 2.19. The summed E-state index contributed by atoms with van der Waals surface area (Å²) >= 11 is 0. The first kappa shape index (κ1) is 22.2. The minimum atomic E-state index is -0.645. The van der Waals surface area contributed by atoms with E-state index in [9.17, 15) is 5.11 Å². The van der Waals surface area contributed by atoms with Crippen molar-refractivity contribution in [2.24, 2.45) is 4.99 Å². The molecule has 1 aromatic rings. The number of ether oxygens (including phenoxy) is 1. The molecule has 0 bridgehead atoms. The Kier molecular flexibility index (Phi) is 9.31. The van der Waals surface area contributed by atoms with Crippen LogP contribution in [0.2, 0.25) is 0 Å². The average molecular weight is 389 g/mol. The molecule has 6 heteroatoms. The van der Waals surface area contributed by atoms with E-state index in [4.69, 9.17) is 4.74 Å². The molecular weight excluding hydrogens is 352 g/mol. The van der Waals surface area contributed by atoms with E-state index in [1.54, 1.807) is 0 Å². The van der Waals surface area contributed by atoms with Crippen LogP contribution in [0.15, 0.2) is 41.4 Å². The zero-order valence-electron chi connectivity index (χ0n) is 17.6. The molecule has 28 heavy (non-hydrogen) atoms. The molecule has 3 N–H and O–H groups in total. The molecule has 1 aliphatic heterocycles. The molecule has 1 aliphatic rings. The second-order valence-corrected chi connectivity index (χ2v) is 7.65. The highest BCUT2D eigenvalue weighted by molar-refractivity contribution is 5.80. The molecular formula is C22H36N4O2. The van der Waals surface area contributed by atoms with Crippen molar-refractivity contribution in [1.29, 1.82) is 0 Å². The van der Waals surface area contributed by atoms with E-state index < -0.39 is 6.10 Å². The average Bonchev–Trinajstić information content (AvgIpc) is 2.66. The third-order valence-electron chi connectivity index (χ3n) is 4.66. The van der Waals surface area contributed by atoms with Gasteiger partial charge in [-0.25, -0.2) is 0 Å². The standard InChI is InChI=1S/C22H36N4O2/c1-5-23-22(25-19-9-11-26(12-10-19)15-17(2)3)24-14-20(27)16-28-21-8-6-7-18(4)13-21/h6-8,13,19-20,27H,2,5,9-12,14-16H2,1,3-4H3,(H2,23,24,25). The second kappa shape index (κ2) is 11.7. The van der Waals surface area contributed by atoms with E-state index in [-0.39, 0.29) is 6.61 Å². The number of aliphatic hydroxyl groups is 1. The third kappa shape index (κ3) is 8.31. The fourth-order valence-electron chi connectivity index (χ4n) is 3.28. The zero-order chi connectivity index (χ0) is 20.4. The summed E-state index contributed by atoms with van der Waals surface area (Å²) in [4.78, 5) is 6.98. The van der Waals surface area contributed by atoms with Crippen LogP contribution in [0.5, 0.6) is 5.75 Å². The second-order valence-electron chi connectivity index (χ2n) is 7.65. The number of aryl methyl sites for hydroxylation is 1. The maximum Gasteiger partial charge on any atom is 0.191 e. The highest BCUT2D eigenvalue weighted by atomic mass is 16.5. The monoisotopic (exact) mass is 388 g/mol. The van der Waals surface area contributed by atoms with Crippen LogP contribution in [0, 0.1) is 6.92 Å². The first-order valence-electron chi connectivity index (χ1n) is 10.3. The molecule has 0 radical (unpaired) electrons. The lowest BCUT2D eigenvalue weighted by atomic mass is 10.0. The van der Waals surface area contributed by atoms with Gasteiger partial charge in [0, 0.05) is 32.2 Å². The summed E-state index contributed by atoms with van der Waals surface area (Å²) in [6.45, 7) is 14.6. The van der Waals surface area contributed by atoms with Gasteiger partial charge in [0.05, 0.1) is 6.54 Å². The Labute approximate surface area is 169 Å². The summed E-state index contributed by atoms with van der Waals surface area (Å²) in [5, 5.41) is 17.0. The van der Waals surface area contributed by atoms with E-state index in [0.29, 0.717) is 12.6 Å². The summed E-state index contributed by atoms with van der Waals surface area (Å²) < 4.78 is 5.66. The maximum absolute atomic E-state index is 10.2. The minimum absolute atomic E-state index is 0.228. The number of likely N-dealkylation sites (tertiary alicyclic amines) is 1. The molecule has 0 aliphatic carbocycles. The number of nitrogens with zero attached hydrogens (tertiary/aromatic N) is 2. The molecule has 0 amide bonds. The molecule has 1 unspecified atom stereocenters. The molecule has 1 saturated heterocycles. The first-order valence-corrected chi connectivity index (χ1v) is 10.3. The molecule has 1 aromatic carbocycles. The first-order chi connectivity index (χ1) is 13.5. The predicted octanol–water partition coefficient (Wildman–Crippen LogP) is 2.33. The van der Waals surface area contributed by atoms with Crippen LogP contribution < -0.4 is 15.4 Å². The number of guanidine groups is 1. The molecule has 1 fully saturated rings. The number of hydrogen-bond donors (Lipinski definition) is 3. The summed E-state index contributed by atoms with van der Waals surface area (Å²) in [6, 6.07) is 8.23. The predicted molar refractivity (Wildman–Crippen MR) is 116 cm³/mol. The Morgan fingerprint density at radius 3 is 2.79 bits per heavy atom. The van der Waals surface area contributed by atoms with Gasteiger partial charge in [-0.3, -0.25) is 9.89 Å². The molecule has 1 atom stereocenters. The Morgan fingerprint density at radius 2 is 2.14 bits per heavy atom. The van der Waals surface area contributed by atoms with Gasteiger partial charge in [-0.2, -0.15) is 0 Å². The fraction of sp³-hybridized carbons (Fsp3) is 0.591. The van der Waals surface area contributed by atoms with Crippen molar-refractivity contribution in [2.45, 2.75) is 45.8 Å². The topological polar surface area (TPSA) is 69.1 Å². The lowest BCUT2D eigenvalue weighted by molar-refractivity contribution is 0.114. The van der Waals surface area contributed by atoms with Gasteiger partial charge >= 0.3 is 0 Å². The van der Waals surface area contributed by atoms with Gasteiger partial charge in [-0.1, -0.05) is 24.3 Å². The van der Waals surface area contributed by atoms with Crippen LogP contribution >= 0.6 is 0 Å². The van der Waals surface area contributed by atoms with Crippen LogP contribution in [0.1, 0.15) is 32.3 Å². The summed E-state index contributed by atoms with van der Waals surface area (Å²) in [7, 11) is 0. The number of rotatable bonds is 9. The molecule has 1 heterocycles. The van der Waals surface area contributed by atoms with Gasteiger partial charge in [0.2, 0.25) is 0 Å². The molecule has 6 nitrogen and oxygen atoms in total. The molecule has 156 valence electrons. The normalized spacial score (nSPS) is 17.2. The lowest BCUT2D eigenvalue weighted by Gasteiger charge is -2.33. The minimum Gasteiger partial charge on any atom is -0.491 e. The number of benzene rings is 1. The van der Waals surface area contributed by atoms with Crippen LogP contribution in [-0.2, 0) is 0 Å². The number of aliphatic hydroxyl groups excluding tert-OH is 1. The van der Waals surface area contributed by atoms with Gasteiger partial charge in [-0.05, 0) is 51.3 Å². The van der Waals surface area contributed by atoms with Crippen LogP contribution in [-0.4, -0.2) is 67.4 Å². The number of aliphatic imine (C=N–C) groups is 1. The van der Waals surface area contributed by atoms with Gasteiger partial charge < -0.3 is 20.5 Å². The van der Waals surface area contributed by atoms with Crippen molar-refractivity contribution in [1.82, 2.24) is 15.5 Å². The SMILES string of the molecule is C=C(C)CN1CCC(NC(=NCC(O)COc2cccc(C)c2)NCC)CC1. The van der Waals surface area contributed by atoms with Crippen LogP contribution in [0.3, 0.4) is 0 Å². The van der Waals surface area contributed by atoms with Crippen molar-refractivity contribution in [3.63, 3.8) is 0 Å². The van der Waals surface area contributed by atoms with E-state index in [1.807, 2.05) is 38.1 Å². The van der Waals surface area contributed by atoms with Gasteiger partial charge in [0.25, 0.3) is 0 Å². The van der Waals surface area contributed by atoms with E-state index in [1.165, 1.54) is 5.57 Å².